The lowest BCUT2D eigenvalue weighted by atomic mass is 9.85. The highest BCUT2D eigenvalue weighted by molar-refractivity contribution is 5.70. The average molecular weight is 499 g/mol. The monoisotopic (exact) mass is 498 g/mol. The molecule has 1 unspecified atom stereocenters. The fourth-order valence-electron chi connectivity index (χ4n) is 4.64. The summed E-state index contributed by atoms with van der Waals surface area (Å²) in [7, 11) is 0. The first-order valence-electron chi connectivity index (χ1n) is 12.0. The molecular formula is C28H29F3N2O3. The van der Waals surface area contributed by atoms with E-state index in [-0.39, 0.29) is 18.5 Å². The van der Waals surface area contributed by atoms with Gasteiger partial charge >= 0.3 is 6.09 Å². The van der Waals surface area contributed by atoms with Crippen LogP contribution in [0.25, 0.3) is 11.1 Å². The Morgan fingerprint density at radius 2 is 1.69 bits per heavy atom. The molecule has 1 heterocycles. The fourth-order valence-corrected chi connectivity index (χ4v) is 4.64. The summed E-state index contributed by atoms with van der Waals surface area (Å²) in [5, 5.41) is 12.1. The van der Waals surface area contributed by atoms with E-state index in [2.05, 4.69) is 5.32 Å². The summed E-state index contributed by atoms with van der Waals surface area (Å²) in [6.07, 6.45) is 0.507. The summed E-state index contributed by atoms with van der Waals surface area (Å²) < 4.78 is 47.0. The smallest absolute Gasteiger partial charge is 0.411 e. The number of rotatable bonds is 9. The number of carbonyl (C=O) groups is 1. The zero-order valence-corrected chi connectivity index (χ0v) is 20.0. The van der Waals surface area contributed by atoms with Gasteiger partial charge in [-0.15, -0.1) is 0 Å². The van der Waals surface area contributed by atoms with Crippen LogP contribution in [0.15, 0.2) is 66.7 Å². The molecule has 1 amide bonds. The number of carbonyl (C=O) groups excluding carboxylic acids is 1. The molecule has 1 saturated heterocycles. The van der Waals surface area contributed by atoms with E-state index in [0.29, 0.717) is 43.6 Å². The molecule has 0 aromatic heterocycles. The molecule has 1 fully saturated rings. The first kappa shape index (κ1) is 25.7. The fraction of sp³-hybridized carbons (Fsp3) is 0.321. The van der Waals surface area contributed by atoms with Crippen molar-refractivity contribution in [2.75, 3.05) is 26.2 Å². The Hall–Kier alpha value is -3.36. The number of aliphatic hydroxyl groups is 1. The molecule has 5 nitrogen and oxygen atoms in total. The summed E-state index contributed by atoms with van der Waals surface area (Å²) in [4.78, 5) is 14.8. The van der Waals surface area contributed by atoms with Crippen molar-refractivity contribution in [3.63, 3.8) is 0 Å². The van der Waals surface area contributed by atoms with Crippen LogP contribution in [0, 0.1) is 17.5 Å². The van der Waals surface area contributed by atoms with Crippen molar-refractivity contribution in [2.24, 2.45) is 0 Å². The van der Waals surface area contributed by atoms with E-state index in [1.54, 1.807) is 29.2 Å². The number of hydrogen-bond acceptors (Lipinski definition) is 4. The number of hydrogen-bond donors (Lipinski definition) is 2. The highest BCUT2D eigenvalue weighted by Gasteiger charge is 2.43. The third-order valence-corrected chi connectivity index (χ3v) is 6.74. The normalized spacial score (nSPS) is 18.7. The molecule has 0 radical (unpaired) electrons. The van der Waals surface area contributed by atoms with Gasteiger partial charge in [0.25, 0.3) is 0 Å². The summed E-state index contributed by atoms with van der Waals surface area (Å²) in [6.45, 7) is 3.26. The van der Waals surface area contributed by atoms with E-state index in [9.17, 15) is 18.0 Å². The van der Waals surface area contributed by atoms with E-state index < -0.39 is 23.3 Å². The lowest BCUT2D eigenvalue weighted by Crippen LogP contribution is -2.49. The minimum Gasteiger partial charge on any atom is -0.438 e. The number of aliphatic hydroxyl groups excluding tert-OH is 1. The topological polar surface area (TPSA) is 61.8 Å². The molecule has 36 heavy (non-hydrogen) atoms. The van der Waals surface area contributed by atoms with Crippen LogP contribution in [0.4, 0.5) is 18.0 Å². The van der Waals surface area contributed by atoms with E-state index >= 15 is 0 Å². The van der Waals surface area contributed by atoms with Crippen molar-refractivity contribution in [3.8, 4) is 11.1 Å². The average Bonchev–Trinajstić information content (AvgIpc) is 2.87. The summed E-state index contributed by atoms with van der Waals surface area (Å²) in [5.41, 5.74) is 1.56. The molecule has 4 rings (SSSR count). The lowest BCUT2D eigenvalue weighted by molar-refractivity contribution is -0.0651. The van der Waals surface area contributed by atoms with E-state index in [4.69, 9.17) is 9.84 Å². The van der Waals surface area contributed by atoms with Crippen molar-refractivity contribution in [1.29, 1.82) is 0 Å². The van der Waals surface area contributed by atoms with E-state index in [1.807, 2.05) is 19.1 Å². The Bertz CT molecular complexity index is 1190. The number of halogens is 3. The SMILES string of the molecule is C[C@@H](c1ccc(-c2ccc(F)cc2F)cc1)N1CCC(CCNCCO)(c2ccc(F)cc2)OC1=O. The Kier molecular flexibility index (Phi) is 7.96. The zero-order chi connectivity index (χ0) is 25.7. The molecule has 1 aliphatic heterocycles. The second-order valence-electron chi connectivity index (χ2n) is 8.96. The van der Waals surface area contributed by atoms with Crippen molar-refractivity contribution >= 4 is 6.09 Å². The predicted molar refractivity (Wildman–Crippen MR) is 131 cm³/mol. The van der Waals surface area contributed by atoms with Crippen LogP contribution in [0.5, 0.6) is 0 Å². The van der Waals surface area contributed by atoms with Gasteiger partial charge in [0.1, 0.15) is 23.1 Å². The standard InChI is InChI=1S/C28H29F3N2O3/c1-19(20-2-4-21(5-3-20)25-11-10-24(30)18-26(25)31)33-16-13-28(36-27(33)35,12-14-32-15-17-34)22-6-8-23(29)9-7-22/h2-11,18-19,32,34H,12-17H2,1H3/t19-,28?/m0/s1. The highest BCUT2D eigenvalue weighted by Crippen LogP contribution is 2.39. The molecule has 2 atom stereocenters. The molecule has 190 valence electrons. The van der Waals surface area contributed by atoms with Crippen molar-refractivity contribution < 1.29 is 27.8 Å². The number of nitrogens with zero attached hydrogens (tertiary/aromatic N) is 1. The Balaban J connectivity index is 1.50. The summed E-state index contributed by atoms with van der Waals surface area (Å²) in [6, 6.07) is 16.3. The molecule has 3 aromatic carbocycles. The third-order valence-electron chi connectivity index (χ3n) is 6.74. The van der Waals surface area contributed by atoms with Gasteiger partial charge < -0.3 is 20.1 Å². The van der Waals surface area contributed by atoms with Gasteiger partial charge in [-0.1, -0.05) is 36.4 Å². The van der Waals surface area contributed by atoms with E-state index in [1.165, 1.54) is 24.3 Å². The van der Waals surface area contributed by atoms with Gasteiger partial charge in [0.2, 0.25) is 0 Å². The van der Waals surface area contributed by atoms with Crippen molar-refractivity contribution in [2.45, 2.75) is 31.4 Å². The number of benzene rings is 3. The Morgan fingerprint density at radius 1 is 1.00 bits per heavy atom. The van der Waals surface area contributed by atoms with Crippen LogP contribution in [-0.4, -0.2) is 42.3 Å². The van der Waals surface area contributed by atoms with Crippen LogP contribution in [-0.2, 0) is 10.3 Å². The maximum absolute atomic E-state index is 14.2. The summed E-state index contributed by atoms with van der Waals surface area (Å²) in [5.74, 6) is -1.64. The van der Waals surface area contributed by atoms with Crippen LogP contribution >= 0.6 is 0 Å². The van der Waals surface area contributed by atoms with Crippen LogP contribution in [0.1, 0.15) is 36.9 Å². The van der Waals surface area contributed by atoms with Gasteiger partial charge in [-0.25, -0.2) is 18.0 Å². The number of amides is 1. The number of nitrogens with one attached hydrogen (secondary N) is 1. The zero-order valence-electron chi connectivity index (χ0n) is 20.0. The summed E-state index contributed by atoms with van der Waals surface area (Å²) >= 11 is 0. The molecule has 0 spiro atoms. The Labute approximate surface area is 208 Å². The molecule has 0 bridgehead atoms. The molecule has 0 aliphatic carbocycles. The molecular weight excluding hydrogens is 469 g/mol. The minimum atomic E-state index is -0.909. The maximum atomic E-state index is 14.2. The van der Waals surface area contributed by atoms with Gasteiger partial charge in [-0.3, -0.25) is 0 Å². The quantitative estimate of drug-likeness (QED) is 0.380. The van der Waals surface area contributed by atoms with Gasteiger partial charge in [0, 0.05) is 37.6 Å². The van der Waals surface area contributed by atoms with E-state index in [0.717, 1.165) is 17.2 Å². The van der Waals surface area contributed by atoms with Crippen LogP contribution < -0.4 is 5.32 Å². The molecule has 1 aliphatic rings. The van der Waals surface area contributed by atoms with Gasteiger partial charge in [-0.05, 0) is 54.4 Å². The first-order valence-corrected chi connectivity index (χ1v) is 12.0. The van der Waals surface area contributed by atoms with Gasteiger partial charge in [-0.2, -0.15) is 0 Å². The second kappa shape index (κ2) is 11.1. The number of cyclic esters (lactones) is 1. The number of ether oxygens (including phenoxy) is 1. The Morgan fingerprint density at radius 3 is 2.33 bits per heavy atom. The maximum Gasteiger partial charge on any atom is 0.411 e. The van der Waals surface area contributed by atoms with Crippen molar-refractivity contribution in [1.82, 2.24) is 10.2 Å². The predicted octanol–water partition coefficient (Wildman–Crippen LogP) is 5.54. The molecule has 0 saturated carbocycles. The van der Waals surface area contributed by atoms with Crippen LogP contribution in [0.3, 0.4) is 0 Å². The molecule has 2 N–H and O–H groups in total. The van der Waals surface area contributed by atoms with Crippen LogP contribution in [0.2, 0.25) is 0 Å². The largest absolute Gasteiger partial charge is 0.438 e. The highest BCUT2D eigenvalue weighted by atomic mass is 19.1. The second-order valence-corrected chi connectivity index (χ2v) is 8.96. The van der Waals surface area contributed by atoms with Gasteiger partial charge in [0.15, 0.2) is 0 Å². The van der Waals surface area contributed by atoms with Gasteiger partial charge in [0.05, 0.1) is 12.6 Å². The first-order chi connectivity index (χ1) is 17.3. The molecule has 8 heteroatoms. The lowest BCUT2D eigenvalue weighted by Gasteiger charge is -2.43. The van der Waals surface area contributed by atoms with Crippen molar-refractivity contribution in [3.05, 3.63) is 95.3 Å². The minimum absolute atomic E-state index is 0.00121. The molecule has 3 aromatic rings. The third kappa shape index (κ3) is 5.55.